The molecule has 7 nitrogen and oxygen atoms in total. The van der Waals surface area contributed by atoms with Crippen molar-refractivity contribution in [1.29, 1.82) is 0 Å². The summed E-state index contributed by atoms with van der Waals surface area (Å²) >= 11 is 6.31. The minimum Gasteiger partial charge on any atom is -0.390 e. The average Bonchev–Trinajstić information content (AvgIpc) is 3.30. The molecule has 3 aromatic heterocycles. The zero-order chi connectivity index (χ0) is 21.8. The van der Waals surface area contributed by atoms with Gasteiger partial charge in [-0.1, -0.05) is 22.8 Å². The molecule has 1 aliphatic rings. The summed E-state index contributed by atoms with van der Waals surface area (Å²) in [6.45, 7) is 3.74. The fraction of sp³-hybridized carbons (Fsp3) is 0.273. The quantitative estimate of drug-likeness (QED) is 0.489. The lowest BCUT2D eigenvalue weighted by atomic mass is 9.77. The van der Waals surface area contributed by atoms with Crippen LogP contribution in [0.25, 0.3) is 33.8 Å². The van der Waals surface area contributed by atoms with Gasteiger partial charge in [0.1, 0.15) is 11.5 Å². The lowest BCUT2D eigenvalue weighted by molar-refractivity contribution is -0.0548. The summed E-state index contributed by atoms with van der Waals surface area (Å²) in [7, 11) is 0. The van der Waals surface area contributed by atoms with Gasteiger partial charge >= 0.3 is 0 Å². The number of hydrogen-bond acceptors (Lipinski definition) is 6. The number of aromatic nitrogens is 5. The minimum absolute atomic E-state index is 0.104. The molecule has 31 heavy (non-hydrogen) atoms. The summed E-state index contributed by atoms with van der Waals surface area (Å²) in [5.41, 5.74) is 2.24. The van der Waals surface area contributed by atoms with Gasteiger partial charge in [0, 0.05) is 18.1 Å². The van der Waals surface area contributed by atoms with Crippen LogP contribution in [0.5, 0.6) is 0 Å². The van der Waals surface area contributed by atoms with E-state index in [4.69, 9.17) is 16.1 Å². The Bertz CT molecular complexity index is 1240. The van der Waals surface area contributed by atoms with Crippen LogP contribution in [0.4, 0.5) is 4.39 Å². The van der Waals surface area contributed by atoms with Crippen LogP contribution in [0.15, 0.2) is 47.5 Å². The van der Waals surface area contributed by atoms with Gasteiger partial charge in [0.15, 0.2) is 5.76 Å². The first kappa shape index (κ1) is 19.8. The van der Waals surface area contributed by atoms with Crippen LogP contribution in [0.1, 0.15) is 31.5 Å². The second-order valence-corrected chi connectivity index (χ2v) is 8.48. The molecule has 1 saturated carbocycles. The number of aliphatic hydroxyl groups is 1. The molecular weight excluding hydrogens is 421 g/mol. The van der Waals surface area contributed by atoms with Crippen LogP contribution >= 0.6 is 11.6 Å². The lowest BCUT2D eigenvalue weighted by Crippen LogP contribution is -2.42. The van der Waals surface area contributed by atoms with Crippen molar-refractivity contribution in [2.24, 2.45) is 0 Å². The van der Waals surface area contributed by atoms with Crippen molar-refractivity contribution >= 4 is 11.6 Å². The number of halogens is 2. The van der Waals surface area contributed by atoms with Gasteiger partial charge in [0.05, 0.1) is 51.4 Å². The van der Waals surface area contributed by atoms with Gasteiger partial charge < -0.3 is 9.63 Å². The van der Waals surface area contributed by atoms with Crippen LogP contribution in [0.3, 0.4) is 0 Å². The maximum Gasteiger partial charge on any atom is 0.180 e. The van der Waals surface area contributed by atoms with E-state index in [0.717, 1.165) is 5.69 Å². The molecule has 0 aliphatic heterocycles. The van der Waals surface area contributed by atoms with Crippen LogP contribution in [-0.2, 0) is 0 Å². The van der Waals surface area contributed by atoms with E-state index in [1.807, 2.05) is 18.5 Å². The first-order valence-corrected chi connectivity index (χ1v) is 10.2. The molecule has 1 aromatic carbocycles. The number of nitrogens with zero attached hydrogens (tertiary/aromatic N) is 5. The Kier molecular flexibility index (Phi) is 4.64. The topological polar surface area (TPSA) is 89.9 Å². The Labute approximate surface area is 182 Å². The smallest absolute Gasteiger partial charge is 0.180 e. The van der Waals surface area contributed by atoms with E-state index in [-0.39, 0.29) is 22.3 Å². The maximum atomic E-state index is 14.7. The van der Waals surface area contributed by atoms with Crippen molar-refractivity contribution < 1.29 is 14.0 Å². The minimum atomic E-state index is -0.672. The van der Waals surface area contributed by atoms with Gasteiger partial charge in [0.2, 0.25) is 0 Å². The summed E-state index contributed by atoms with van der Waals surface area (Å²) in [6.07, 6.45) is 7.60. The fourth-order valence-electron chi connectivity index (χ4n) is 4.18. The normalized spacial score (nSPS) is 20.6. The molecule has 4 aromatic rings. The van der Waals surface area contributed by atoms with Crippen LogP contribution in [-0.4, -0.2) is 35.6 Å². The largest absolute Gasteiger partial charge is 0.390 e. The highest BCUT2D eigenvalue weighted by Crippen LogP contribution is 2.45. The SMILES string of the molecule is Cc1c(-c2onc(-c3c(F)cccc3Cl)c2-c2cnccn2)cnn1[C@H]1C[C@@](C)(O)C1. The molecule has 0 bridgehead atoms. The molecule has 9 heteroatoms. The summed E-state index contributed by atoms with van der Waals surface area (Å²) in [5, 5.41) is 19.0. The fourth-order valence-corrected chi connectivity index (χ4v) is 4.43. The summed E-state index contributed by atoms with van der Waals surface area (Å²) in [6, 6.07) is 4.56. The molecule has 0 unspecified atom stereocenters. The molecule has 5 rings (SSSR count). The van der Waals surface area contributed by atoms with Gasteiger partial charge in [-0.2, -0.15) is 5.10 Å². The summed E-state index contributed by atoms with van der Waals surface area (Å²) in [4.78, 5) is 8.52. The van der Waals surface area contributed by atoms with Crippen molar-refractivity contribution in [3.63, 3.8) is 0 Å². The molecule has 0 spiro atoms. The third-order valence-corrected chi connectivity index (χ3v) is 6.01. The molecule has 158 valence electrons. The first-order chi connectivity index (χ1) is 14.9. The van der Waals surface area contributed by atoms with Crippen LogP contribution in [0, 0.1) is 12.7 Å². The van der Waals surface area contributed by atoms with Gasteiger partial charge in [-0.25, -0.2) is 4.39 Å². The van der Waals surface area contributed by atoms with E-state index in [1.165, 1.54) is 12.1 Å². The number of benzene rings is 1. The predicted octanol–water partition coefficient (Wildman–Crippen LogP) is 4.85. The monoisotopic (exact) mass is 439 g/mol. The van der Waals surface area contributed by atoms with Gasteiger partial charge in [-0.15, -0.1) is 0 Å². The Morgan fingerprint density at radius 2 is 2.03 bits per heavy atom. The maximum absolute atomic E-state index is 14.7. The third-order valence-electron chi connectivity index (χ3n) is 5.70. The first-order valence-electron chi connectivity index (χ1n) is 9.83. The molecule has 1 N–H and O–H groups in total. The van der Waals surface area contributed by atoms with Crippen LogP contribution < -0.4 is 0 Å². The molecule has 0 amide bonds. The zero-order valence-corrected chi connectivity index (χ0v) is 17.6. The lowest BCUT2D eigenvalue weighted by Gasteiger charge is -2.41. The highest BCUT2D eigenvalue weighted by Gasteiger charge is 2.41. The predicted molar refractivity (Wildman–Crippen MR) is 113 cm³/mol. The van der Waals surface area contributed by atoms with E-state index >= 15 is 0 Å². The van der Waals surface area contributed by atoms with Crippen molar-refractivity contribution in [3.8, 4) is 33.8 Å². The van der Waals surface area contributed by atoms with Crippen molar-refractivity contribution in [2.45, 2.75) is 38.3 Å². The standard InChI is InChI=1S/C22H19ClFN5O2/c1-12-14(10-27-29(12)13-8-22(2,30)9-13)21-19(17-11-25-6-7-26-17)20(28-31-21)18-15(23)4-3-5-16(18)24/h3-7,10-11,13,30H,8-9H2,1-2H3/t13-,22+. The third kappa shape index (κ3) is 3.32. The molecule has 3 heterocycles. The second kappa shape index (κ2) is 7.25. The van der Waals surface area contributed by atoms with Crippen molar-refractivity contribution in [3.05, 3.63) is 59.5 Å². The second-order valence-electron chi connectivity index (χ2n) is 8.07. The molecule has 0 radical (unpaired) electrons. The van der Waals surface area contributed by atoms with Crippen molar-refractivity contribution in [1.82, 2.24) is 24.9 Å². The molecular formula is C22H19ClFN5O2. The summed E-state index contributed by atoms with van der Waals surface area (Å²) < 4.78 is 22.3. The molecule has 0 saturated heterocycles. The van der Waals surface area contributed by atoms with Crippen LogP contribution in [0.2, 0.25) is 5.02 Å². The van der Waals surface area contributed by atoms with E-state index in [0.29, 0.717) is 35.4 Å². The molecule has 1 fully saturated rings. The van der Waals surface area contributed by atoms with E-state index in [9.17, 15) is 9.50 Å². The Hall–Kier alpha value is -3.10. The molecule has 1 aliphatic carbocycles. The summed E-state index contributed by atoms with van der Waals surface area (Å²) in [5.74, 6) is -0.105. The molecule has 0 atom stereocenters. The van der Waals surface area contributed by atoms with Gasteiger partial charge in [0.25, 0.3) is 0 Å². The zero-order valence-electron chi connectivity index (χ0n) is 16.9. The highest BCUT2D eigenvalue weighted by atomic mass is 35.5. The Morgan fingerprint density at radius 1 is 1.23 bits per heavy atom. The van der Waals surface area contributed by atoms with Gasteiger partial charge in [-0.3, -0.25) is 14.6 Å². The average molecular weight is 440 g/mol. The number of hydrogen-bond donors (Lipinski definition) is 1. The Morgan fingerprint density at radius 3 is 2.71 bits per heavy atom. The highest BCUT2D eigenvalue weighted by molar-refractivity contribution is 6.33. The Balaban J connectivity index is 1.68. The van der Waals surface area contributed by atoms with Crippen molar-refractivity contribution in [2.75, 3.05) is 0 Å². The van der Waals surface area contributed by atoms with E-state index in [2.05, 4.69) is 20.2 Å². The van der Waals surface area contributed by atoms with Gasteiger partial charge in [-0.05, 0) is 38.8 Å². The van der Waals surface area contributed by atoms with E-state index < -0.39 is 11.4 Å². The van der Waals surface area contributed by atoms with E-state index in [1.54, 1.807) is 30.9 Å². The number of rotatable bonds is 4.